The molecule has 1 unspecified atom stereocenters. The van der Waals surface area contributed by atoms with Crippen molar-refractivity contribution in [2.24, 2.45) is 0 Å². The highest BCUT2D eigenvalue weighted by Gasteiger charge is 2.30. The number of halogens is 2. The van der Waals surface area contributed by atoms with E-state index >= 15 is 0 Å². The minimum Gasteiger partial charge on any atom is -0.456 e. The summed E-state index contributed by atoms with van der Waals surface area (Å²) in [6, 6.07) is 12.5. The summed E-state index contributed by atoms with van der Waals surface area (Å²) >= 11 is 12.5. The van der Waals surface area contributed by atoms with E-state index in [1.807, 2.05) is 6.07 Å². The van der Waals surface area contributed by atoms with Crippen LogP contribution in [-0.4, -0.2) is 54.4 Å². The second-order valence-electron chi connectivity index (χ2n) is 9.30. The number of sulfone groups is 1. The molecule has 2 aromatic carbocycles. The quantitative estimate of drug-likeness (QED) is 0.345. The molecule has 0 spiro atoms. The topological polar surface area (TPSA) is 114 Å². The van der Waals surface area contributed by atoms with Crippen LogP contribution >= 0.6 is 23.2 Å². The fourth-order valence-electron chi connectivity index (χ4n) is 4.07. The molecule has 0 aliphatic carbocycles. The number of hydrogen-bond donors (Lipinski definition) is 2. The van der Waals surface area contributed by atoms with Gasteiger partial charge in [-0.05, 0) is 57.2 Å². The Labute approximate surface area is 232 Å². The second-order valence-corrected chi connectivity index (χ2v) is 12.7. The zero-order valence-corrected chi connectivity index (χ0v) is 23.6. The number of nitrogens with one attached hydrogen (secondary N) is 2. The van der Waals surface area contributed by atoms with Crippen LogP contribution in [0.4, 0.5) is 17.2 Å². The maximum Gasteiger partial charge on any atom is 0.235 e. The SMILES string of the molecule is CC1Cc2ncnc(Nc3ccc(Oc4cccc(Cl)c4)c(Cl)c3)c2N1CCNC(=O)CS(=O)(=O)C(C)C. The van der Waals surface area contributed by atoms with Gasteiger partial charge in [-0.2, -0.15) is 0 Å². The maximum atomic E-state index is 12.2. The van der Waals surface area contributed by atoms with Crippen LogP contribution in [0, 0.1) is 0 Å². The molecule has 1 aromatic heterocycles. The highest BCUT2D eigenvalue weighted by molar-refractivity contribution is 7.92. The molecule has 1 aliphatic heterocycles. The Hall–Kier alpha value is -3.08. The van der Waals surface area contributed by atoms with Crippen LogP contribution < -0.4 is 20.3 Å². The molecular formula is C26H29Cl2N5O4S. The van der Waals surface area contributed by atoms with Crippen molar-refractivity contribution < 1.29 is 17.9 Å². The van der Waals surface area contributed by atoms with Crippen molar-refractivity contribution in [3.63, 3.8) is 0 Å². The first kappa shape index (κ1) is 27.9. The molecule has 0 radical (unpaired) electrons. The standard InChI is InChI=1S/C26H29Cl2N5O4S/c1-16(2)38(35,36)14-24(34)29-9-10-33-17(3)11-22-25(33)26(31-15-30-22)32-19-7-8-23(21(28)13-19)37-20-6-4-5-18(27)12-20/h4-8,12-13,15-17H,9-11,14H2,1-3H3,(H,29,34)(H,30,31,32). The third-order valence-electron chi connectivity index (χ3n) is 6.15. The van der Waals surface area contributed by atoms with Gasteiger partial charge in [-0.15, -0.1) is 0 Å². The lowest BCUT2D eigenvalue weighted by Crippen LogP contribution is -2.40. The molecule has 2 heterocycles. The van der Waals surface area contributed by atoms with Gasteiger partial charge in [-0.3, -0.25) is 4.79 Å². The zero-order chi connectivity index (χ0) is 27.4. The predicted octanol–water partition coefficient (Wildman–Crippen LogP) is 5.01. The molecule has 4 rings (SSSR count). The first-order valence-electron chi connectivity index (χ1n) is 12.1. The van der Waals surface area contributed by atoms with E-state index in [0.29, 0.717) is 39.6 Å². The summed E-state index contributed by atoms with van der Waals surface area (Å²) in [4.78, 5) is 23.2. The molecule has 0 fully saturated rings. The van der Waals surface area contributed by atoms with E-state index in [0.717, 1.165) is 17.8 Å². The summed E-state index contributed by atoms with van der Waals surface area (Å²) in [5.74, 6) is 0.630. The highest BCUT2D eigenvalue weighted by atomic mass is 35.5. The number of anilines is 3. The van der Waals surface area contributed by atoms with Crippen molar-refractivity contribution in [3.8, 4) is 11.5 Å². The molecule has 1 aliphatic rings. The average Bonchev–Trinajstić information content (AvgIpc) is 3.16. The van der Waals surface area contributed by atoms with Gasteiger partial charge < -0.3 is 20.3 Å². The summed E-state index contributed by atoms with van der Waals surface area (Å²) in [7, 11) is -3.46. The minimum atomic E-state index is -3.46. The molecule has 202 valence electrons. The summed E-state index contributed by atoms with van der Waals surface area (Å²) in [6.45, 7) is 5.94. The second kappa shape index (κ2) is 11.8. The Kier molecular flexibility index (Phi) is 8.64. The van der Waals surface area contributed by atoms with Gasteiger partial charge in [0.15, 0.2) is 15.7 Å². The fourth-order valence-corrected chi connectivity index (χ4v) is 5.27. The van der Waals surface area contributed by atoms with Gasteiger partial charge in [-0.25, -0.2) is 18.4 Å². The first-order chi connectivity index (χ1) is 18.0. The number of hydrogen-bond acceptors (Lipinski definition) is 8. The summed E-state index contributed by atoms with van der Waals surface area (Å²) in [5, 5.41) is 6.40. The molecule has 9 nitrogen and oxygen atoms in total. The third-order valence-corrected chi connectivity index (χ3v) is 8.78. The Balaban J connectivity index is 1.45. The smallest absolute Gasteiger partial charge is 0.235 e. The Morgan fingerprint density at radius 3 is 2.68 bits per heavy atom. The van der Waals surface area contributed by atoms with Gasteiger partial charge in [0.05, 0.1) is 16.0 Å². The molecule has 1 amide bonds. The van der Waals surface area contributed by atoms with Crippen molar-refractivity contribution in [2.75, 3.05) is 29.1 Å². The van der Waals surface area contributed by atoms with Gasteiger partial charge in [0.2, 0.25) is 5.91 Å². The molecule has 2 N–H and O–H groups in total. The van der Waals surface area contributed by atoms with Crippen LogP contribution in [0.25, 0.3) is 0 Å². The van der Waals surface area contributed by atoms with E-state index in [2.05, 4.69) is 32.4 Å². The van der Waals surface area contributed by atoms with Crippen LogP contribution in [0.5, 0.6) is 11.5 Å². The Morgan fingerprint density at radius 2 is 1.97 bits per heavy atom. The molecular weight excluding hydrogens is 549 g/mol. The van der Waals surface area contributed by atoms with E-state index in [4.69, 9.17) is 27.9 Å². The van der Waals surface area contributed by atoms with Gasteiger partial charge in [0, 0.05) is 36.3 Å². The van der Waals surface area contributed by atoms with Crippen LogP contribution in [0.15, 0.2) is 48.8 Å². The number of carbonyl (C=O) groups is 1. The number of carbonyl (C=O) groups excluding carboxylic acids is 1. The van der Waals surface area contributed by atoms with Crippen LogP contribution in [-0.2, 0) is 21.1 Å². The van der Waals surface area contributed by atoms with Crippen LogP contribution in [0.3, 0.4) is 0 Å². The van der Waals surface area contributed by atoms with E-state index in [1.54, 1.807) is 50.2 Å². The monoisotopic (exact) mass is 577 g/mol. The van der Waals surface area contributed by atoms with Gasteiger partial charge in [0.25, 0.3) is 0 Å². The van der Waals surface area contributed by atoms with Gasteiger partial charge in [0.1, 0.15) is 29.3 Å². The Morgan fingerprint density at radius 1 is 1.18 bits per heavy atom. The lowest BCUT2D eigenvalue weighted by atomic mass is 10.2. The summed E-state index contributed by atoms with van der Waals surface area (Å²) in [5.41, 5.74) is 2.43. The van der Waals surface area contributed by atoms with E-state index < -0.39 is 26.7 Å². The van der Waals surface area contributed by atoms with Crippen molar-refractivity contribution in [2.45, 2.75) is 38.5 Å². The maximum absolute atomic E-state index is 12.2. The first-order valence-corrected chi connectivity index (χ1v) is 14.6. The number of benzene rings is 2. The number of rotatable bonds is 10. The number of fused-ring (bicyclic) bond motifs is 1. The molecule has 38 heavy (non-hydrogen) atoms. The zero-order valence-electron chi connectivity index (χ0n) is 21.2. The van der Waals surface area contributed by atoms with Crippen molar-refractivity contribution >= 4 is 56.1 Å². The lowest BCUT2D eigenvalue weighted by molar-refractivity contribution is -0.118. The summed E-state index contributed by atoms with van der Waals surface area (Å²) in [6.07, 6.45) is 2.23. The third kappa shape index (κ3) is 6.67. The number of ether oxygens (including phenoxy) is 1. The van der Waals surface area contributed by atoms with E-state index in [-0.39, 0.29) is 12.6 Å². The molecule has 1 atom stereocenters. The molecule has 0 saturated heterocycles. The Bertz CT molecular complexity index is 1430. The van der Waals surface area contributed by atoms with Gasteiger partial charge in [-0.1, -0.05) is 29.3 Å². The number of amides is 1. The molecule has 3 aromatic rings. The van der Waals surface area contributed by atoms with Gasteiger partial charge >= 0.3 is 0 Å². The highest BCUT2D eigenvalue weighted by Crippen LogP contribution is 2.38. The minimum absolute atomic E-state index is 0.121. The average molecular weight is 579 g/mol. The fraction of sp³-hybridized carbons (Fsp3) is 0.346. The van der Waals surface area contributed by atoms with Crippen LogP contribution in [0.2, 0.25) is 10.0 Å². The molecule has 0 saturated carbocycles. The number of nitrogens with zero attached hydrogens (tertiary/aromatic N) is 3. The van der Waals surface area contributed by atoms with E-state index in [1.165, 1.54) is 6.33 Å². The van der Waals surface area contributed by atoms with Crippen molar-refractivity contribution in [3.05, 3.63) is 64.5 Å². The van der Waals surface area contributed by atoms with E-state index in [9.17, 15) is 13.2 Å². The van der Waals surface area contributed by atoms with Crippen molar-refractivity contribution in [1.29, 1.82) is 0 Å². The largest absolute Gasteiger partial charge is 0.456 e. The van der Waals surface area contributed by atoms with Crippen LogP contribution in [0.1, 0.15) is 26.5 Å². The normalized spacial score (nSPS) is 14.9. The van der Waals surface area contributed by atoms with Crippen molar-refractivity contribution in [1.82, 2.24) is 15.3 Å². The molecule has 12 heteroatoms. The number of aromatic nitrogens is 2. The molecule has 0 bridgehead atoms. The summed E-state index contributed by atoms with van der Waals surface area (Å²) < 4.78 is 29.9. The predicted molar refractivity (Wildman–Crippen MR) is 151 cm³/mol. The lowest BCUT2D eigenvalue weighted by Gasteiger charge is -2.26.